The van der Waals surface area contributed by atoms with Crippen LogP contribution in [0.25, 0.3) is 0 Å². The van der Waals surface area contributed by atoms with Crippen molar-refractivity contribution in [2.45, 2.75) is 60.5 Å². The first-order chi connectivity index (χ1) is 6.60. The number of rotatable bonds is 5. The van der Waals surface area contributed by atoms with Crippen LogP contribution in [0.3, 0.4) is 0 Å². The van der Waals surface area contributed by atoms with Crippen LogP contribution in [0.2, 0.25) is 0 Å². The van der Waals surface area contributed by atoms with E-state index in [1.165, 1.54) is 6.42 Å². The molecule has 2 heteroatoms. The molecule has 0 spiro atoms. The highest BCUT2D eigenvalue weighted by molar-refractivity contribution is 7.99. The molecule has 0 radical (unpaired) electrons. The van der Waals surface area contributed by atoms with Crippen molar-refractivity contribution in [3.63, 3.8) is 0 Å². The molecule has 1 N–H and O–H groups in total. The van der Waals surface area contributed by atoms with Crippen LogP contribution in [0.4, 0.5) is 0 Å². The Bertz CT molecular complexity index is 164. The maximum Gasteiger partial charge on any atom is 0.0635 e. The number of hydrogen-bond donors (Lipinski definition) is 1. The van der Waals surface area contributed by atoms with Gasteiger partial charge in [-0.25, -0.2) is 0 Å². The van der Waals surface area contributed by atoms with Crippen molar-refractivity contribution in [1.29, 1.82) is 0 Å². The molecule has 0 rings (SSSR count). The second-order valence-corrected chi connectivity index (χ2v) is 7.95. The average Bonchev–Trinajstić information content (AvgIpc) is 1.92. The molecule has 0 aromatic rings. The van der Waals surface area contributed by atoms with E-state index in [0.29, 0.717) is 5.41 Å². The Morgan fingerprint density at radius 2 is 1.53 bits per heavy atom. The maximum absolute atomic E-state index is 9.79. The van der Waals surface area contributed by atoms with Crippen LogP contribution in [-0.2, 0) is 0 Å². The second-order valence-electron chi connectivity index (χ2n) is 6.80. The molecular formula is C13H28OS. The summed E-state index contributed by atoms with van der Waals surface area (Å²) in [4.78, 5) is 0. The predicted octanol–water partition coefficient (Wildman–Crippen LogP) is 3.95. The maximum atomic E-state index is 9.79. The largest absolute Gasteiger partial charge is 0.392 e. The number of aliphatic hydroxyl groups excluding tert-OH is 1. The van der Waals surface area contributed by atoms with Crippen LogP contribution in [-0.4, -0.2) is 22.7 Å². The number of hydrogen-bond acceptors (Lipinski definition) is 2. The molecule has 1 unspecified atom stereocenters. The van der Waals surface area contributed by atoms with E-state index >= 15 is 0 Å². The monoisotopic (exact) mass is 232 g/mol. The average molecular weight is 232 g/mol. The summed E-state index contributed by atoms with van der Waals surface area (Å²) in [5.41, 5.74) is 0.659. The molecule has 0 aliphatic carbocycles. The zero-order chi connectivity index (χ0) is 12.1. The van der Waals surface area contributed by atoms with Crippen molar-refractivity contribution >= 4 is 11.8 Å². The molecule has 0 saturated carbocycles. The van der Waals surface area contributed by atoms with Crippen LogP contribution >= 0.6 is 11.8 Å². The Labute approximate surface area is 100 Å². The first-order valence-electron chi connectivity index (χ1n) is 5.86. The fourth-order valence-corrected chi connectivity index (χ4v) is 2.68. The van der Waals surface area contributed by atoms with Crippen molar-refractivity contribution in [3.05, 3.63) is 0 Å². The van der Waals surface area contributed by atoms with Crippen LogP contribution in [0.5, 0.6) is 0 Å². The third-order valence-corrected chi connectivity index (χ3v) is 3.27. The van der Waals surface area contributed by atoms with Crippen molar-refractivity contribution in [1.82, 2.24) is 0 Å². The summed E-state index contributed by atoms with van der Waals surface area (Å²) in [7, 11) is 0. The van der Waals surface area contributed by atoms with Crippen LogP contribution in [0.15, 0.2) is 0 Å². The van der Waals surface area contributed by atoms with Crippen LogP contribution in [0.1, 0.15) is 54.4 Å². The van der Waals surface area contributed by atoms with Gasteiger partial charge in [0.15, 0.2) is 0 Å². The zero-order valence-electron chi connectivity index (χ0n) is 11.3. The van der Waals surface area contributed by atoms with Gasteiger partial charge < -0.3 is 5.11 Å². The van der Waals surface area contributed by atoms with E-state index in [9.17, 15) is 5.11 Å². The van der Waals surface area contributed by atoms with Gasteiger partial charge in [0.25, 0.3) is 0 Å². The van der Waals surface area contributed by atoms with E-state index in [2.05, 4.69) is 41.5 Å². The molecule has 92 valence electrons. The molecule has 0 bridgehead atoms. The van der Waals surface area contributed by atoms with Gasteiger partial charge in [-0.15, -0.1) is 0 Å². The summed E-state index contributed by atoms with van der Waals surface area (Å²) in [5.74, 6) is 2.04. The third kappa shape index (κ3) is 12.2. The van der Waals surface area contributed by atoms with E-state index in [4.69, 9.17) is 0 Å². The summed E-state index contributed by atoms with van der Waals surface area (Å²) in [5, 5.41) is 9.79. The summed E-state index contributed by atoms with van der Waals surface area (Å²) in [6.07, 6.45) is 1.98. The first kappa shape index (κ1) is 15.3. The highest BCUT2D eigenvalue weighted by Crippen LogP contribution is 2.25. The van der Waals surface area contributed by atoms with Gasteiger partial charge in [-0.05, 0) is 29.4 Å². The predicted molar refractivity (Wildman–Crippen MR) is 71.5 cm³/mol. The first-order valence-corrected chi connectivity index (χ1v) is 7.01. The molecule has 1 atom stereocenters. The van der Waals surface area contributed by atoms with Gasteiger partial charge >= 0.3 is 0 Å². The van der Waals surface area contributed by atoms with E-state index in [1.54, 1.807) is 0 Å². The normalized spacial score (nSPS) is 15.4. The van der Waals surface area contributed by atoms with Gasteiger partial charge in [0.1, 0.15) is 0 Å². The molecule has 0 fully saturated rings. The standard InChI is InChI=1S/C13H28OS/c1-12(2,3)7-8-15-10-11(14)9-13(4,5)6/h11,14H,7-10H2,1-6H3. The molecular weight excluding hydrogens is 204 g/mol. The summed E-state index contributed by atoms with van der Waals surface area (Å²) in [6, 6.07) is 0. The van der Waals surface area contributed by atoms with Gasteiger partial charge in [0.05, 0.1) is 6.10 Å². The van der Waals surface area contributed by atoms with E-state index < -0.39 is 0 Å². The minimum atomic E-state index is -0.144. The van der Waals surface area contributed by atoms with E-state index in [-0.39, 0.29) is 11.5 Å². The molecule has 15 heavy (non-hydrogen) atoms. The van der Waals surface area contributed by atoms with Gasteiger partial charge in [0, 0.05) is 5.75 Å². The molecule has 0 amide bonds. The Balaban J connectivity index is 3.52. The highest BCUT2D eigenvalue weighted by atomic mass is 32.2. The Morgan fingerprint density at radius 1 is 1.00 bits per heavy atom. The fraction of sp³-hybridized carbons (Fsp3) is 1.00. The lowest BCUT2D eigenvalue weighted by Crippen LogP contribution is -2.20. The Hall–Kier alpha value is 0.310. The Kier molecular flexibility index (Phi) is 6.27. The lowest BCUT2D eigenvalue weighted by Gasteiger charge is -2.22. The fourth-order valence-electron chi connectivity index (χ4n) is 1.36. The lowest BCUT2D eigenvalue weighted by molar-refractivity contribution is 0.142. The molecule has 0 aliphatic heterocycles. The molecule has 0 aliphatic rings. The summed E-state index contributed by atoms with van der Waals surface area (Å²) >= 11 is 1.88. The SMILES string of the molecule is CC(C)(C)CCSCC(O)CC(C)(C)C. The van der Waals surface area contributed by atoms with Crippen molar-refractivity contribution in [2.75, 3.05) is 11.5 Å². The van der Waals surface area contributed by atoms with E-state index in [0.717, 1.165) is 17.9 Å². The van der Waals surface area contributed by atoms with E-state index in [1.807, 2.05) is 11.8 Å². The topological polar surface area (TPSA) is 20.2 Å². The summed E-state index contributed by atoms with van der Waals surface area (Å²) < 4.78 is 0. The molecule has 0 aromatic carbocycles. The quantitative estimate of drug-likeness (QED) is 0.724. The van der Waals surface area contributed by atoms with Crippen molar-refractivity contribution < 1.29 is 5.11 Å². The second kappa shape index (κ2) is 6.15. The molecule has 0 heterocycles. The number of thioether (sulfide) groups is 1. The minimum Gasteiger partial charge on any atom is -0.392 e. The number of aliphatic hydroxyl groups is 1. The lowest BCUT2D eigenvalue weighted by atomic mass is 9.90. The molecule has 0 aromatic heterocycles. The van der Waals surface area contributed by atoms with Crippen molar-refractivity contribution in [3.8, 4) is 0 Å². The smallest absolute Gasteiger partial charge is 0.0635 e. The van der Waals surface area contributed by atoms with Crippen molar-refractivity contribution in [2.24, 2.45) is 10.8 Å². The Morgan fingerprint density at radius 3 is 1.93 bits per heavy atom. The van der Waals surface area contributed by atoms with Crippen LogP contribution < -0.4 is 0 Å². The third-order valence-electron chi connectivity index (χ3n) is 2.15. The minimum absolute atomic E-state index is 0.144. The van der Waals surface area contributed by atoms with Gasteiger partial charge in [-0.2, -0.15) is 11.8 Å². The highest BCUT2D eigenvalue weighted by Gasteiger charge is 2.17. The van der Waals surface area contributed by atoms with Gasteiger partial charge in [-0.3, -0.25) is 0 Å². The molecule has 0 saturated heterocycles. The van der Waals surface area contributed by atoms with Crippen LogP contribution in [0, 0.1) is 10.8 Å². The summed E-state index contributed by atoms with van der Waals surface area (Å²) in [6.45, 7) is 13.3. The van der Waals surface area contributed by atoms with Gasteiger partial charge in [-0.1, -0.05) is 41.5 Å². The molecule has 1 nitrogen and oxygen atoms in total. The zero-order valence-corrected chi connectivity index (χ0v) is 12.1. The van der Waals surface area contributed by atoms with Gasteiger partial charge in [0.2, 0.25) is 0 Å².